The van der Waals surface area contributed by atoms with Crippen molar-refractivity contribution < 1.29 is 18.3 Å². The first-order chi connectivity index (χ1) is 17.1. The molecule has 36 heavy (non-hydrogen) atoms. The first kappa shape index (κ1) is 25.5. The van der Waals surface area contributed by atoms with Gasteiger partial charge in [0.15, 0.2) is 0 Å². The van der Waals surface area contributed by atoms with Gasteiger partial charge in [-0.15, -0.1) is 0 Å². The van der Waals surface area contributed by atoms with Gasteiger partial charge < -0.3 is 15.2 Å². The zero-order valence-corrected chi connectivity index (χ0v) is 21.8. The van der Waals surface area contributed by atoms with Crippen molar-refractivity contribution in [2.24, 2.45) is 0 Å². The number of nitrogens with one attached hydrogen (secondary N) is 2. The molecule has 0 aromatic carbocycles. The van der Waals surface area contributed by atoms with E-state index < -0.39 is 15.8 Å². The van der Waals surface area contributed by atoms with Gasteiger partial charge in [0.25, 0.3) is 15.8 Å². The second-order valence-electron chi connectivity index (χ2n) is 10.6. The van der Waals surface area contributed by atoms with Crippen LogP contribution in [0.25, 0.3) is 11.0 Å². The molecular weight excluding hydrogens is 484 g/mol. The van der Waals surface area contributed by atoms with E-state index in [1.54, 1.807) is 30.7 Å². The van der Waals surface area contributed by atoms with Crippen molar-refractivity contribution in [3.05, 3.63) is 28.2 Å². The van der Waals surface area contributed by atoms with Crippen molar-refractivity contribution in [2.75, 3.05) is 31.6 Å². The molecule has 2 aliphatic heterocycles. The minimum atomic E-state index is -3.54. The third-order valence-corrected chi connectivity index (χ3v) is 9.48. The molecular formula is C24H36N6O5S. The number of rotatable bonds is 6. The molecule has 0 unspecified atom stereocenters. The van der Waals surface area contributed by atoms with E-state index in [-0.39, 0.29) is 23.7 Å². The summed E-state index contributed by atoms with van der Waals surface area (Å²) in [5.41, 5.74) is -0.0108. The molecule has 12 heteroatoms. The van der Waals surface area contributed by atoms with Gasteiger partial charge in [-0.25, -0.2) is 4.98 Å². The Balaban J connectivity index is 1.30. The van der Waals surface area contributed by atoms with Crippen LogP contribution in [-0.4, -0.2) is 76.4 Å². The standard InChI is InChI=1S/C24H36N6O5S/c1-16-14-17-15-25-23(27-21(17)30(22(16)31)20-4-3-9-24(20,2)32)26-18-5-10-29(11-6-18)36(33,34)28-19-7-12-35-13-8-19/h14-15,18-20,28,32H,3-13H2,1-2H3,(H,25,26,27)/t20-,24-/m1/s1. The Morgan fingerprint density at radius 1 is 1.14 bits per heavy atom. The normalized spacial score (nSPS) is 27.0. The summed E-state index contributed by atoms with van der Waals surface area (Å²) in [5, 5.41) is 15.0. The molecule has 1 aliphatic carbocycles. The first-order valence-corrected chi connectivity index (χ1v) is 14.3. The van der Waals surface area contributed by atoms with Gasteiger partial charge in [-0.3, -0.25) is 9.36 Å². The average molecular weight is 521 g/mol. The summed E-state index contributed by atoms with van der Waals surface area (Å²) >= 11 is 0. The van der Waals surface area contributed by atoms with Crippen molar-refractivity contribution in [2.45, 2.75) is 82.5 Å². The van der Waals surface area contributed by atoms with Crippen LogP contribution in [0, 0.1) is 6.92 Å². The predicted octanol–water partition coefficient (Wildman–Crippen LogP) is 1.47. The minimum Gasteiger partial charge on any atom is -0.388 e. The minimum absolute atomic E-state index is 0.0113. The Hall–Kier alpha value is -2.12. The number of aromatic nitrogens is 3. The lowest BCUT2D eigenvalue weighted by atomic mass is 9.99. The largest absolute Gasteiger partial charge is 0.388 e. The van der Waals surface area contributed by atoms with Gasteiger partial charge in [0, 0.05) is 55.5 Å². The Morgan fingerprint density at radius 3 is 2.53 bits per heavy atom. The topological polar surface area (TPSA) is 139 Å². The molecule has 3 aliphatic rings. The van der Waals surface area contributed by atoms with Crippen molar-refractivity contribution in [3.63, 3.8) is 0 Å². The number of fused-ring (bicyclic) bond motifs is 1. The van der Waals surface area contributed by atoms with E-state index in [0.717, 1.165) is 11.8 Å². The van der Waals surface area contributed by atoms with E-state index in [1.807, 2.05) is 0 Å². The first-order valence-electron chi connectivity index (χ1n) is 12.9. The summed E-state index contributed by atoms with van der Waals surface area (Å²) in [5.74, 6) is 0.402. The third-order valence-electron chi connectivity index (χ3n) is 7.81. The molecule has 0 amide bonds. The lowest BCUT2D eigenvalue weighted by Gasteiger charge is -2.33. The highest BCUT2D eigenvalue weighted by molar-refractivity contribution is 7.87. The molecule has 5 rings (SSSR count). The second-order valence-corrected chi connectivity index (χ2v) is 12.3. The number of hydrogen-bond acceptors (Lipinski definition) is 8. The predicted molar refractivity (Wildman–Crippen MR) is 136 cm³/mol. The number of ether oxygens (including phenoxy) is 1. The maximum atomic E-state index is 13.1. The average Bonchev–Trinajstić information content (AvgIpc) is 3.19. The van der Waals surface area contributed by atoms with Gasteiger partial charge in [0.2, 0.25) is 5.95 Å². The SMILES string of the molecule is Cc1cc2cnc(NC3CCN(S(=O)(=O)NC4CCOCC4)CC3)nc2n([C@@H]2CCC[C@@]2(C)O)c1=O. The maximum Gasteiger partial charge on any atom is 0.279 e. The number of hydrogen-bond donors (Lipinski definition) is 3. The number of nitrogens with zero attached hydrogens (tertiary/aromatic N) is 4. The summed E-state index contributed by atoms with van der Waals surface area (Å²) in [7, 11) is -3.54. The van der Waals surface area contributed by atoms with Gasteiger partial charge in [-0.1, -0.05) is 0 Å². The van der Waals surface area contributed by atoms with Crippen molar-refractivity contribution in [1.29, 1.82) is 0 Å². The molecule has 3 fully saturated rings. The van der Waals surface area contributed by atoms with Crippen LogP contribution in [0.1, 0.15) is 63.5 Å². The molecule has 0 bridgehead atoms. The Morgan fingerprint density at radius 2 is 1.86 bits per heavy atom. The second kappa shape index (κ2) is 9.97. The van der Waals surface area contributed by atoms with Crippen LogP contribution in [0.15, 0.2) is 17.1 Å². The van der Waals surface area contributed by atoms with E-state index >= 15 is 0 Å². The number of piperidine rings is 1. The zero-order valence-electron chi connectivity index (χ0n) is 20.9. The summed E-state index contributed by atoms with van der Waals surface area (Å²) in [6, 6.07) is 1.38. The molecule has 2 atom stereocenters. The highest BCUT2D eigenvalue weighted by Crippen LogP contribution is 2.39. The molecule has 198 valence electrons. The molecule has 4 heterocycles. The number of aliphatic hydroxyl groups is 1. The van der Waals surface area contributed by atoms with Crippen LogP contribution >= 0.6 is 0 Å². The smallest absolute Gasteiger partial charge is 0.279 e. The molecule has 11 nitrogen and oxygen atoms in total. The summed E-state index contributed by atoms with van der Waals surface area (Å²) in [4.78, 5) is 22.3. The van der Waals surface area contributed by atoms with E-state index in [0.29, 0.717) is 82.0 Å². The monoisotopic (exact) mass is 520 g/mol. The maximum absolute atomic E-state index is 13.1. The summed E-state index contributed by atoms with van der Waals surface area (Å²) in [6.07, 6.45) is 6.53. The van der Waals surface area contributed by atoms with Crippen LogP contribution in [0.3, 0.4) is 0 Å². The molecule has 1 saturated carbocycles. The van der Waals surface area contributed by atoms with Crippen LogP contribution in [-0.2, 0) is 14.9 Å². The van der Waals surface area contributed by atoms with Crippen molar-refractivity contribution in [3.8, 4) is 0 Å². The Kier molecular flexibility index (Phi) is 7.07. The van der Waals surface area contributed by atoms with Crippen LogP contribution in [0.4, 0.5) is 5.95 Å². The van der Waals surface area contributed by atoms with Gasteiger partial charge in [-0.2, -0.15) is 22.4 Å². The zero-order chi connectivity index (χ0) is 25.5. The fraction of sp³-hybridized carbons (Fsp3) is 0.708. The van der Waals surface area contributed by atoms with Crippen molar-refractivity contribution in [1.82, 2.24) is 23.6 Å². The molecule has 0 spiro atoms. The highest BCUT2D eigenvalue weighted by Gasteiger charge is 2.39. The van der Waals surface area contributed by atoms with Gasteiger partial charge in [0.1, 0.15) is 5.65 Å². The highest BCUT2D eigenvalue weighted by atomic mass is 32.2. The quantitative estimate of drug-likeness (QED) is 0.520. The van der Waals surface area contributed by atoms with E-state index in [2.05, 4.69) is 15.0 Å². The van der Waals surface area contributed by atoms with Gasteiger partial charge in [0.05, 0.1) is 11.6 Å². The number of anilines is 1. The molecule has 2 aromatic rings. The lowest BCUT2D eigenvalue weighted by Crippen LogP contribution is -2.50. The number of aryl methyl sites for hydroxylation is 1. The van der Waals surface area contributed by atoms with E-state index in [1.165, 1.54) is 4.31 Å². The fourth-order valence-electron chi connectivity index (χ4n) is 5.68. The third kappa shape index (κ3) is 5.14. The van der Waals surface area contributed by atoms with E-state index in [4.69, 9.17) is 9.72 Å². The lowest BCUT2D eigenvalue weighted by molar-refractivity contribution is 0.0266. The van der Waals surface area contributed by atoms with Crippen LogP contribution in [0.2, 0.25) is 0 Å². The fourth-order valence-corrected chi connectivity index (χ4v) is 7.18. The van der Waals surface area contributed by atoms with Crippen LogP contribution < -0.4 is 15.6 Å². The molecule has 0 radical (unpaired) electrons. The summed E-state index contributed by atoms with van der Waals surface area (Å²) in [6.45, 7) is 5.52. The van der Waals surface area contributed by atoms with Crippen molar-refractivity contribution >= 4 is 27.2 Å². The Labute approximate surface area is 211 Å². The summed E-state index contributed by atoms with van der Waals surface area (Å²) < 4.78 is 36.9. The van der Waals surface area contributed by atoms with E-state index in [9.17, 15) is 18.3 Å². The van der Waals surface area contributed by atoms with Crippen LogP contribution in [0.5, 0.6) is 0 Å². The molecule has 3 N–H and O–H groups in total. The molecule has 2 saturated heterocycles. The number of pyridine rings is 1. The van der Waals surface area contributed by atoms with Gasteiger partial charge >= 0.3 is 0 Å². The molecule has 2 aromatic heterocycles. The van der Waals surface area contributed by atoms with Gasteiger partial charge in [-0.05, 0) is 64.9 Å². The Bertz CT molecular complexity index is 1270.